The summed E-state index contributed by atoms with van der Waals surface area (Å²) < 4.78 is 42.0. The predicted octanol–water partition coefficient (Wildman–Crippen LogP) is 4.38. The summed E-state index contributed by atoms with van der Waals surface area (Å²) in [7, 11) is -3.72. The number of hydrogen-bond acceptors (Lipinski definition) is 5. The van der Waals surface area contributed by atoms with Gasteiger partial charge in [-0.25, -0.2) is 17.5 Å². The second kappa shape index (κ2) is 13.2. The molecule has 0 aromatic heterocycles. The standard InChI is InChI=1S/C30H34FN3O5S/c1-20(22-6-12-26(31)13-7-22)33-30(37)25-8-14-27(15-9-25)34-40(38,39)28-16-10-24(11-17-28)23-4-2-21(3-5-23)18-32-19-29(35)36/h2-7,10-13,16-17,20,25,27,32,34H,8-9,14-15,18-19H2,1H3,(H,33,37)(H,35,36)/t20-,25?,27?/m1/s1. The van der Waals surface area contributed by atoms with E-state index in [4.69, 9.17) is 5.11 Å². The largest absolute Gasteiger partial charge is 0.480 e. The normalized spacial score (nSPS) is 18.1. The molecule has 40 heavy (non-hydrogen) atoms. The number of aliphatic carboxylic acids is 1. The fourth-order valence-corrected chi connectivity index (χ4v) is 6.19. The number of benzene rings is 3. The molecule has 1 fully saturated rings. The van der Waals surface area contributed by atoms with E-state index in [1.54, 1.807) is 36.4 Å². The second-order valence-electron chi connectivity index (χ2n) is 10.2. The molecule has 8 nitrogen and oxygen atoms in total. The third-order valence-corrected chi connectivity index (χ3v) is 8.74. The van der Waals surface area contributed by atoms with Crippen LogP contribution in [-0.4, -0.2) is 38.0 Å². The molecule has 212 valence electrons. The van der Waals surface area contributed by atoms with Crippen LogP contribution in [0.1, 0.15) is 49.8 Å². The van der Waals surface area contributed by atoms with Crippen LogP contribution in [0.5, 0.6) is 0 Å². The minimum atomic E-state index is -3.72. The van der Waals surface area contributed by atoms with Crippen molar-refractivity contribution in [3.05, 3.63) is 89.7 Å². The molecule has 3 aromatic rings. The Bertz CT molecular complexity index is 1400. The van der Waals surface area contributed by atoms with E-state index in [-0.39, 0.29) is 41.2 Å². The lowest BCUT2D eigenvalue weighted by atomic mass is 9.85. The lowest BCUT2D eigenvalue weighted by Gasteiger charge is -2.29. The van der Waals surface area contributed by atoms with E-state index in [9.17, 15) is 22.4 Å². The van der Waals surface area contributed by atoms with E-state index < -0.39 is 16.0 Å². The fraction of sp³-hybridized carbons (Fsp3) is 0.333. The van der Waals surface area contributed by atoms with Crippen LogP contribution in [-0.2, 0) is 26.2 Å². The zero-order valence-corrected chi connectivity index (χ0v) is 23.1. The van der Waals surface area contributed by atoms with Gasteiger partial charge >= 0.3 is 5.97 Å². The van der Waals surface area contributed by atoms with E-state index in [1.807, 2.05) is 31.2 Å². The first kappa shape index (κ1) is 29.4. The van der Waals surface area contributed by atoms with Gasteiger partial charge in [0.05, 0.1) is 17.5 Å². The molecular weight excluding hydrogens is 533 g/mol. The molecule has 1 atom stereocenters. The molecule has 1 saturated carbocycles. The van der Waals surface area contributed by atoms with Crippen molar-refractivity contribution < 1.29 is 27.5 Å². The van der Waals surface area contributed by atoms with Gasteiger partial charge in [-0.05, 0) is 79.1 Å². The van der Waals surface area contributed by atoms with E-state index >= 15 is 0 Å². The summed E-state index contributed by atoms with van der Waals surface area (Å²) in [6.07, 6.45) is 2.29. The maximum absolute atomic E-state index is 13.2. The van der Waals surface area contributed by atoms with Crippen LogP contribution >= 0.6 is 0 Å². The Morgan fingerprint density at radius 2 is 1.48 bits per heavy atom. The maximum atomic E-state index is 13.2. The molecule has 1 aliphatic rings. The third-order valence-electron chi connectivity index (χ3n) is 7.21. The van der Waals surface area contributed by atoms with Gasteiger partial charge in [-0.15, -0.1) is 0 Å². The van der Waals surface area contributed by atoms with Crippen LogP contribution in [0.2, 0.25) is 0 Å². The zero-order valence-electron chi connectivity index (χ0n) is 22.3. The minimum Gasteiger partial charge on any atom is -0.480 e. The van der Waals surface area contributed by atoms with Crippen molar-refractivity contribution in [1.29, 1.82) is 0 Å². The van der Waals surface area contributed by atoms with Crippen LogP contribution in [0.15, 0.2) is 77.7 Å². The SMILES string of the molecule is C[C@@H](NC(=O)C1CCC(NS(=O)(=O)c2ccc(-c3ccc(CNCC(=O)O)cc3)cc2)CC1)c1ccc(F)cc1. The topological polar surface area (TPSA) is 125 Å². The Labute approximate surface area is 234 Å². The zero-order chi connectivity index (χ0) is 28.7. The Kier molecular flexibility index (Phi) is 9.67. The molecule has 10 heteroatoms. The van der Waals surface area contributed by atoms with Crippen LogP contribution in [0.4, 0.5) is 4.39 Å². The number of sulfonamides is 1. The highest BCUT2D eigenvalue weighted by atomic mass is 32.2. The van der Waals surface area contributed by atoms with Gasteiger partial charge in [-0.1, -0.05) is 48.5 Å². The van der Waals surface area contributed by atoms with Crippen molar-refractivity contribution in [3.63, 3.8) is 0 Å². The van der Waals surface area contributed by atoms with Crippen LogP contribution in [0.25, 0.3) is 11.1 Å². The number of carboxylic acids is 1. The van der Waals surface area contributed by atoms with Crippen LogP contribution in [0, 0.1) is 11.7 Å². The second-order valence-corrected chi connectivity index (χ2v) is 11.9. The predicted molar refractivity (Wildman–Crippen MR) is 150 cm³/mol. The van der Waals surface area contributed by atoms with Gasteiger partial charge in [0.1, 0.15) is 5.82 Å². The highest BCUT2D eigenvalue weighted by Gasteiger charge is 2.29. The van der Waals surface area contributed by atoms with Crippen LogP contribution in [0.3, 0.4) is 0 Å². The van der Waals surface area contributed by atoms with Crippen molar-refractivity contribution in [3.8, 4) is 11.1 Å². The molecule has 0 unspecified atom stereocenters. The Hall–Kier alpha value is -3.60. The molecule has 1 amide bonds. The number of hydrogen-bond donors (Lipinski definition) is 4. The highest BCUT2D eigenvalue weighted by molar-refractivity contribution is 7.89. The van der Waals surface area contributed by atoms with Crippen molar-refractivity contribution in [2.24, 2.45) is 5.92 Å². The van der Waals surface area contributed by atoms with Crippen molar-refractivity contribution in [2.45, 2.75) is 56.1 Å². The summed E-state index contributed by atoms with van der Waals surface area (Å²) in [5.41, 5.74) is 3.56. The van der Waals surface area contributed by atoms with Gasteiger partial charge in [0.15, 0.2) is 0 Å². The number of halogens is 1. The Balaban J connectivity index is 1.27. The first-order chi connectivity index (χ1) is 19.1. The maximum Gasteiger partial charge on any atom is 0.317 e. The molecule has 0 saturated heterocycles. The third kappa shape index (κ3) is 7.97. The van der Waals surface area contributed by atoms with E-state index in [1.165, 1.54) is 12.1 Å². The van der Waals surface area contributed by atoms with Crippen molar-refractivity contribution >= 4 is 21.9 Å². The van der Waals surface area contributed by atoms with Gasteiger partial charge in [-0.3, -0.25) is 9.59 Å². The molecule has 0 bridgehead atoms. The van der Waals surface area contributed by atoms with E-state index in [2.05, 4.69) is 15.4 Å². The van der Waals surface area contributed by atoms with E-state index in [0.29, 0.717) is 32.2 Å². The fourth-order valence-electron chi connectivity index (χ4n) is 4.88. The van der Waals surface area contributed by atoms with Crippen molar-refractivity contribution in [2.75, 3.05) is 6.54 Å². The summed E-state index contributed by atoms with van der Waals surface area (Å²) in [6.45, 7) is 2.19. The molecule has 0 spiro atoms. The molecular formula is C30H34FN3O5S. The monoisotopic (exact) mass is 567 g/mol. The average Bonchev–Trinajstić information content (AvgIpc) is 2.94. The lowest BCUT2D eigenvalue weighted by Crippen LogP contribution is -2.41. The molecule has 1 aliphatic carbocycles. The smallest absolute Gasteiger partial charge is 0.317 e. The van der Waals surface area contributed by atoms with Gasteiger partial charge in [0.2, 0.25) is 15.9 Å². The van der Waals surface area contributed by atoms with Crippen molar-refractivity contribution in [1.82, 2.24) is 15.4 Å². The minimum absolute atomic E-state index is 0.0710. The summed E-state index contributed by atoms with van der Waals surface area (Å²) in [4.78, 5) is 23.6. The number of carbonyl (C=O) groups is 2. The van der Waals surface area contributed by atoms with Gasteiger partial charge in [0, 0.05) is 18.5 Å². The molecule has 0 aliphatic heterocycles. The lowest BCUT2D eigenvalue weighted by molar-refractivity contribution is -0.136. The first-order valence-electron chi connectivity index (χ1n) is 13.3. The summed E-state index contributed by atoms with van der Waals surface area (Å²) in [5.74, 6) is -1.50. The molecule has 3 aromatic carbocycles. The summed E-state index contributed by atoms with van der Waals surface area (Å²) >= 11 is 0. The average molecular weight is 568 g/mol. The van der Waals surface area contributed by atoms with Gasteiger partial charge in [-0.2, -0.15) is 0 Å². The Morgan fingerprint density at radius 1 is 0.900 bits per heavy atom. The molecule has 0 heterocycles. The number of carboxylic acid groups (broad SMARTS) is 1. The molecule has 0 radical (unpaired) electrons. The van der Waals surface area contributed by atoms with E-state index in [0.717, 1.165) is 22.3 Å². The number of carbonyl (C=O) groups excluding carboxylic acids is 1. The summed E-state index contributed by atoms with van der Waals surface area (Å²) in [6, 6.07) is 19.8. The quantitative estimate of drug-likeness (QED) is 0.273. The first-order valence-corrected chi connectivity index (χ1v) is 14.8. The van der Waals surface area contributed by atoms with Crippen LogP contribution < -0.4 is 15.4 Å². The number of rotatable bonds is 11. The summed E-state index contributed by atoms with van der Waals surface area (Å²) in [5, 5.41) is 14.5. The molecule has 4 rings (SSSR count). The number of amides is 1. The number of nitrogens with one attached hydrogen (secondary N) is 3. The Morgan fingerprint density at radius 3 is 2.05 bits per heavy atom. The highest BCUT2D eigenvalue weighted by Crippen LogP contribution is 2.27. The molecule has 4 N–H and O–H groups in total. The van der Waals surface area contributed by atoms with Gasteiger partial charge in [0.25, 0.3) is 0 Å². The van der Waals surface area contributed by atoms with Gasteiger partial charge < -0.3 is 15.7 Å².